The molecule has 1 aromatic rings. The molecule has 1 saturated carbocycles. The Morgan fingerprint density at radius 2 is 1.87 bits per heavy atom. The van der Waals surface area contributed by atoms with Crippen molar-refractivity contribution in [3.05, 3.63) is 12.7 Å². The van der Waals surface area contributed by atoms with Gasteiger partial charge in [0, 0.05) is 38.1 Å². The van der Waals surface area contributed by atoms with Crippen molar-refractivity contribution in [2.24, 2.45) is 11.8 Å². The highest BCUT2D eigenvalue weighted by atomic mass is 16.5. The van der Waals surface area contributed by atoms with Crippen LogP contribution in [-0.2, 0) is 20.8 Å². The lowest BCUT2D eigenvalue weighted by molar-refractivity contribution is -0.153. The van der Waals surface area contributed by atoms with Crippen LogP contribution in [0.5, 0.6) is 0 Å². The van der Waals surface area contributed by atoms with Crippen molar-refractivity contribution < 1.29 is 14.3 Å². The number of carbonyl (C=O) groups is 1. The molecule has 0 radical (unpaired) electrons. The molecule has 0 N–H and O–H groups in total. The number of rotatable bonds is 3. The second-order valence-corrected chi connectivity index (χ2v) is 6.82. The van der Waals surface area contributed by atoms with Gasteiger partial charge >= 0.3 is 0 Å². The third-order valence-electron chi connectivity index (χ3n) is 5.49. The first-order valence-corrected chi connectivity index (χ1v) is 8.65. The van der Waals surface area contributed by atoms with Crippen LogP contribution in [0.1, 0.15) is 25.7 Å². The number of hydrogen-bond acceptors (Lipinski definition) is 5. The summed E-state index contributed by atoms with van der Waals surface area (Å²) in [7, 11) is 0. The first-order valence-electron chi connectivity index (χ1n) is 8.65. The number of amides is 1. The Kier molecular flexibility index (Phi) is 4.31. The van der Waals surface area contributed by atoms with E-state index >= 15 is 0 Å². The van der Waals surface area contributed by atoms with Gasteiger partial charge in [-0.3, -0.25) is 4.79 Å². The van der Waals surface area contributed by atoms with Gasteiger partial charge in [-0.2, -0.15) is 0 Å². The second kappa shape index (κ2) is 6.57. The molecule has 23 heavy (non-hydrogen) atoms. The molecule has 0 unspecified atom stereocenters. The fourth-order valence-electron chi connectivity index (χ4n) is 4.30. The van der Waals surface area contributed by atoms with Gasteiger partial charge in [-0.1, -0.05) is 0 Å². The molecule has 2 saturated heterocycles. The number of ether oxygens (including phenoxy) is 2. The Labute approximate surface area is 135 Å². The normalized spacial score (nSPS) is 32.0. The molecule has 1 amide bonds. The molecular weight excluding hydrogens is 296 g/mol. The van der Waals surface area contributed by atoms with E-state index in [-0.39, 0.29) is 18.1 Å². The summed E-state index contributed by atoms with van der Waals surface area (Å²) < 4.78 is 13.5. The third-order valence-corrected chi connectivity index (χ3v) is 5.49. The lowest BCUT2D eigenvalue weighted by atomic mass is 9.96. The SMILES string of the molecule is O=C(C1CCOCC1)N1CCO[C@@H]2[C@@H](Cn3cnnc3)CC[C@H]21. The summed E-state index contributed by atoms with van der Waals surface area (Å²) in [6.45, 7) is 3.68. The third kappa shape index (κ3) is 2.99. The molecule has 3 fully saturated rings. The number of aromatic nitrogens is 3. The fourth-order valence-corrected chi connectivity index (χ4v) is 4.30. The Morgan fingerprint density at radius 1 is 1.09 bits per heavy atom. The topological polar surface area (TPSA) is 69.5 Å². The molecule has 2 aliphatic heterocycles. The zero-order valence-corrected chi connectivity index (χ0v) is 13.3. The zero-order valence-electron chi connectivity index (χ0n) is 13.3. The van der Waals surface area contributed by atoms with E-state index in [0.717, 1.165) is 38.8 Å². The molecule has 126 valence electrons. The van der Waals surface area contributed by atoms with E-state index in [9.17, 15) is 4.79 Å². The average molecular weight is 320 g/mol. The predicted molar refractivity (Wildman–Crippen MR) is 81.5 cm³/mol. The van der Waals surface area contributed by atoms with Crippen molar-refractivity contribution in [1.29, 1.82) is 0 Å². The van der Waals surface area contributed by atoms with E-state index in [1.54, 1.807) is 12.7 Å². The van der Waals surface area contributed by atoms with Gasteiger partial charge in [0.15, 0.2) is 0 Å². The van der Waals surface area contributed by atoms with E-state index in [2.05, 4.69) is 15.1 Å². The summed E-state index contributed by atoms with van der Waals surface area (Å²) in [6.07, 6.45) is 7.49. The lowest BCUT2D eigenvalue weighted by Crippen LogP contribution is -2.54. The van der Waals surface area contributed by atoms with Gasteiger partial charge in [0.2, 0.25) is 5.91 Å². The predicted octanol–water partition coefficient (Wildman–Crippen LogP) is 0.711. The standard InChI is InChI=1S/C16H24N4O3/c21-16(12-3-6-22-7-4-12)20-5-8-23-15-13(1-2-14(15)20)9-19-10-17-18-11-19/h10-15H,1-9H2/t13-,14-,15-/m1/s1. The van der Waals surface area contributed by atoms with Gasteiger partial charge in [0.25, 0.3) is 0 Å². The van der Waals surface area contributed by atoms with Crippen LogP contribution in [0.3, 0.4) is 0 Å². The van der Waals surface area contributed by atoms with Crippen LogP contribution < -0.4 is 0 Å². The number of fused-ring (bicyclic) bond motifs is 1. The Morgan fingerprint density at radius 3 is 2.65 bits per heavy atom. The summed E-state index contributed by atoms with van der Waals surface area (Å²) in [6, 6.07) is 0.237. The number of morpholine rings is 1. The smallest absolute Gasteiger partial charge is 0.226 e. The van der Waals surface area contributed by atoms with E-state index in [1.807, 2.05) is 4.57 Å². The minimum Gasteiger partial charge on any atom is -0.381 e. The van der Waals surface area contributed by atoms with Crippen molar-refractivity contribution in [2.45, 2.75) is 44.4 Å². The lowest BCUT2D eigenvalue weighted by Gasteiger charge is -2.41. The van der Waals surface area contributed by atoms with Crippen LogP contribution in [0, 0.1) is 11.8 Å². The number of carbonyl (C=O) groups excluding carboxylic acids is 1. The molecular formula is C16H24N4O3. The molecule has 1 aromatic heterocycles. The van der Waals surface area contributed by atoms with E-state index in [4.69, 9.17) is 9.47 Å². The number of hydrogen-bond donors (Lipinski definition) is 0. The van der Waals surface area contributed by atoms with Crippen molar-refractivity contribution >= 4 is 5.91 Å². The first-order chi connectivity index (χ1) is 11.3. The van der Waals surface area contributed by atoms with Crippen molar-refractivity contribution in [1.82, 2.24) is 19.7 Å². The Bertz CT molecular complexity index is 529. The van der Waals surface area contributed by atoms with Crippen LogP contribution >= 0.6 is 0 Å². The molecule has 0 bridgehead atoms. The highest BCUT2D eigenvalue weighted by Gasteiger charge is 2.45. The van der Waals surface area contributed by atoms with E-state index in [1.165, 1.54) is 0 Å². The van der Waals surface area contributed by atoms with Gasteiger partial charge in [-0.15, -0.1) is 10.2 Å². The zero-order chi connectivity index (χ0) is 15.6. The molecule has 0 aromatic carbocycles. The highest BCUT2D eigenvalue weighted by Crippen LogP contribution is 2.36. The second-order valence-electron chi connectivity index (χ2n) is 6.82. The van der Waals surface area contributed by atoms with Gasteiger partial charge in [-0.25, -0.2) is 0 Å². The molecule has 3 heterocycles. The quantitative estimate of drug-likeness (QED) is 0.820. The van der Waals surface area contributed by atoms with Crippen molar-refractivity contribution in [2.75, 3.05) is 26.4 Å². The molecule has 7 nitrogen and oxygen atoms in total. The van der Waals surface area contributed by atoms with Crippen LogP contribution in [0.2, 0.25) is 0 Å². The maximum absolute atomic E-state index is 12.9. The van der Waals surface area contributed by atoms with Crippen LogP contribution in [0.4, 0.5) is 0 Å². The highest BCUT2D eigenvalue weighted by molar-refractivity contribution is 5.79. The van der Waals surface area contributed by atoms with Gasteiger partial charge < -0.3 is 18.9 Å². The Balaban J connectivity index is 1.43. The largest absolute Gasteiger partial charge is 0.381 e. The van der Waals surface area contributed by atoms with Crippen molar-refractivity contribution in [3.63, 3.8) is 0 Å². The molecule has 3 atom stereocenters. The summed E-state index contributed by atoms with van der Waals surface area (Å²) >= 11 is 0. The monoisotopic (exact) mass is 320 g/mol. The summed E-state index contributed by atoms with van der Waals surface area (Å²) in [4.78, 5) is 15.0. The van der Waals surface area contributed by atoms with Gasteiger partial charge in [-0.05, 0) is 25.7 Å². The maximum Gasteiger partial charge on any atom is 0.226 e. The molecule has 0 spiro atoms. The fraction of sp³-hybridized carbons (Fsp3) is 0.812. The molecule has 7 heteroatoms. The maximum atomic E-state index is 12.9. The molecule has 4 rings (SSSR count). The first kappa shape index (κ1) is 15.1. The van der Waals surface area contributed by atoms with Gasteiger partial charge in [0.1, 0.15) is 12.7 Å². The van der Waals surface area contributed by atoms with E-state index in [0.29, 0.717) is 31.6 Å². The molecule has 3 aliphatic rings. The van der Waals surface area contributed by atoms with Gasteiger partial charge in [0.05, 0.1) is 18.8 Å². The minimum atomic E-state index is 0.138. The summed E-state index contributed by atoms with van der Waals surface area (Å²) in [5.41, 5.74) is 0. The van der Waals surface area contributed by atoms with Crippen molar-refractivity contribution in [3.8, 4) is 0 Å². The summed E-state index contributed by atoms with van der Waals surface area (Å²) in [5, 5.41) is 7.74. The van der Waals surface area contributed by atoms with Crippen LogP contribution in [-0.4, -0.2) is 64.1 Å². The van der Waals surface area contributed by atoms with Crippen LogP contribution in [0.15, 0.2) is 12.7 Å². The Hall–Kier alpha value is -1.47. The minimum absolute atomic E-state index is 0.138. The van der Waals surface area contributed by atoms with E-state index < -0.39 is 0 Å². The summed E-state index contributed by atoms with van der Waals surface area (Å²) in [5.74, 6) is 0.886. The number of nitrogens with zero attached hydrogens (tertiary/aromatic N) is 4. The molecule has 1 aliphatic carbocycles. The van der Waals surface area contributed by atoms with Crippen LogP contribution in [0.25, 0.3) is 0 Å². The average Bonchev–Trinajstić information content (AvgIpc) is 3.25.